The van der Waals surface area contributed by atoms with E-state index >= 15 is 0 Å². The largest absolute Gasteiger partial charge is 0.468 e. The molecular weight excluding hydrogens is 1140 g/mol. The summed E-state index contributed by atoms with van der Waals surface area (Å²) in [5.41, 5.74) is 1.83. The molecule has 0 saturated carbocycles. The van der Waals surface area contributed by atoms with Gasteiger partial charge < -0.3 is 61.6 Å². The molecule has 4 heterocycles. The highest BCUT2D eigenvalue weighted by Crippen LogP contribution is 2.43. The Morgan fingerprint density at radius 1 is 0.523 bits per heavy atom. The lowest BCUT2D eigenvalue weighted by molar-refractivity contribution is -0.327. The first-order valence-corrected chi connectivity index (χ1v) is 30.2. The molecule has 478 valence electrons. The van der Waals surface area contributed by atoms with Crippen molar-refractivity contribution in [1.29, 1.82) is 0 Å². The molecule has 22 heteroatoms. The first kappa shape index (κ1) is 71.3. The van der Waals surface area contributed by atoms with Gasteiger partial charge in [0, 0.05) is 49.4 Å². The van der Waals surface area contributed by atoms with Crippen molar-refractivity contribution >= 4 is 47.2 Å². The zero-order chi connectivity index (χ0) is 63.4. The molecule has 0 radical (unpaired) electrons. The second-order valence-corrected chi connectivity index (χ2v) is 23.4. The molecule has 0 N–H and O–H groups in total. The van der Waals surface area contributed by atoms with E-state index in [1.807, 2.05) is 95.3 Å². The van der Waals surface area contributed by atoms with Crippen molar-refractivity contribution < 1.29 is 93.9 Å². The van der Waals surface area contributed by atoms with Gasteiger partial charge in [0.2, 0.25) is 6.29 Å². The third-order valence-electron chi connectivity index (χ3n) is 16.1. The van der Waals surface area contributed by atoms with Crippen molar-refractivity contribution in [3.8, 4) is 0 Å². The monoisotopic (exact) mass is 1230 g/mol. The van der Waals surface area contributed by atoms with Crippen LogP contribution in [0.5, 0.6) is 0 Å². The summed E-state index contributed by atoms with van der Waals surface area (Å²) >= 11 is 1.63. The number of carbonyl (C=O) groups excluding carboxylic acids is 4. The average Bonchev–Trinajstić information content (AvgIpc) is 1.18. The molecule has 0 spiro atoms. The zero-order valence-corrected chi connectivity index (χ0v) is 52.4. The normalized spacial score (nSPS) is 32.8. The third-order valence-corrected chi connectivity index (χ3v) is 17.3. The van der Waals surface area contributed by atoms with Gasteiger partial charge in [-0.2, -0.15) is 13.2 Å². The molecule has 3 aromatic carbocycles. The van der Waals surface area contributed by atoms with Crippen molar-refractivity contribution in [3.63, 3.8) is 0 Å². The number of alkyl halides is 3. The molecule has 7 rings (SSSR count). The molecule has 20 atom stereocenters. The van der Waals surface area contributed by atoms with E-state index in [0.717, 1.165) is 24.0 Å². The highest BCUT2D eigenvalue weighted by atomic mass is 32.2. The number of rotatable bonds is 20. The Morgan fingerprint density at radius 3 is 1.33 bits per heavy atom. The van der Waals surface area contributed by atoms with Crippen LogP contribution in [-0.4, -0.2) is 142 Å². The van der Waals surface area contributed by atoms with Gasteiger partial charge in [0.25, 0.3) is 5.90 Å². The molecule has 4 aliphatic rings. The number of nitrogens with zero attached hydrogens (tertiary/aromatic N) is 1. The van der Waals surface area contributed by atoms with Crippen LogP contribution in [-0.2, 0) is 94.0 Å². The number of para-hydroxylation sites is 1. The number of aliphatic imine (C=N–C) groups is 1. The maximum Gasteiger partial charge on any atom is 0.468 e. The molecule has 9 unspecified atom stereocenters. The van der Waals surface area contributed by atoms with Gasteiger partial charge in [0.05, 0.1) is 70.8 Å². The smallest absolute Gasteiger partial charge is 0.467 e. The van der Waals surface area contributed by atoms with Gasteiger partial charge in [-0.05, 0) is 40.8 Å². The van der Waals surface area contributed by atoms with Crippen LogP contribution in [0, 0.1) is 47.3 Å². The second kappa shape index (κ2) is 34.4. The first-order chi connectivity index (χ1) is 41.0. The number of halogens is 3. The van der Waals surface area contributed by atoms with Crippen molar-refractivity contribution in [1.82, 2.24) is 0 Å². The van der Waals surface area contributed by atoms with E-state index < -0.39 is 97.3 Å². The van der Waals surface area contributed by atoms with E-state index in [1.54, 1.807) is 31.7 Å². The van der Waals surface area contributed by atoms with Crippen molar-refractivity contribution in [2.45, 2.75) is 169 Å². The quantitative estimate of drug-likeness (QED) is 0.0340. The van der Waals surface area contributed by atoms with Crippen LogP contribution in [0.15, 0.2) is 109 Å². The van der Waals surface area contributed by atoms with Gasteiger partial charge in [0.1, 0.15) is 5.44 Å². The Balaban J connectivity index is 0.000000313. The average molecular weight is 1230 g/mol. The standard InChI is InChI=1S/C34H42F3NO9.C28H42O8S.C2H4/c1-19-20(2)29(43-23(5)39)32(44-26(19)18-42-17-24-13-9-7-10-14-24)45-27-21(3)28(30(40)41-6)46-31(22(27)4)47-33(34(35,36)37)38-25-15-11-8-12-16-25;1-8-37-28-19(5)23(18(4)24(36-28)26(30)31-7)35-27-25(33-20(6)29)17(3)16(2)22(34-27)15-32-14-21-12-10-9-11-13-21;1-2/h7-16,19-22,26-29,31-32H,17-18H2,1-6H3;9-13,16-19,22-25,27-28H,8,14-15H2,1-7H3;1-2H2/t19-,20+,21-,22?,26?,27+,28?,29?,31?,32+;16-,17+,18-,19?,22?,23+,24?,25?,27+,28-;/m11./s1. The zero-order valence-electron chi connectivity index (χ0n) is 51.6. The highest BCUT2D eigenvalue weighted by Gasteiger charge is 2.54. The maximum atomic E-state index is 14.1. The van der Waals surface area contributed by atoms with E-state index in [0.29, 0.717) is 19.8 Å². The molecular formula is C64H88F3NO17S. The summed E-state index contributed by atoms with van der Waals surface area (Å²) in [6.07, 6.45) is -14.2. The molecule has 18 nitrogen and oxygen atoms in total. The van der Waals surface area contributed by atoms with Crippen LogP contribution in [0.4, 0.5) is 18.9 Å². The summed E-state index contributed by atoms with van der Waals surface area (Å²) in [6.45, 7) is 27.3. The van der Waals surface area contributed by atoms with E-state index in [-0.39, 0.29) is 71.4 Å². The van der Waals surface area contributed by atoms with Crippen LogP contribution in [0.1, 0.15) is 87.3 Å². The fourth-order valence-electron chi connectivity index (χ4n) is 10.9. The number of thioether (sulfide) groups is 1. The van der Waals surface area contributed by atoms with E-state index in [4.69, 9.17) is 61.6 Å². The van der Waals surface area contributed by atoms with E-state index in [9.17, 15) is 32.3 Å². The molecule has 0 bridgehead atoms. The Bertz CT molecular complexity index is 2570. The lowest BCUT2D eigenvalue weighted by atomic mass is 9.82. The molecule has 4 saturated heterocycles. The Morgan fingerprint density at radius 2 is 0.930 bits per heavy atom. The van der Waals surface area contributed by atoms with Crippen LogP contribution in [0.25, 0.3) is 0 Å². The summed E-state index contributed by atoms with van der Waals surface area (Å²) in [7, 11) is 2.50. The van der Waals surface area contributed by atoms with Crippen LogP contribution in [0.3, 0.4) is 0 Å². The van der Waals surface area contributed by atoms with Gasteiger partial charge in [-0.25, -0.2) is 14.6 Å². The van der Waals surface area contributed by atoms with Crippen molar-refractivity contribution in [2.24, 2.45) is 52.3 Å². The number of ether oxygens (including phenoxy) is 13. The fraction of sp³-hybridized carbons (Fsp3) is 0.609. The Hall–Kier alpha value is -5.43. The lowest BCUT2D eigenvalue weighted by Crippen LogP contribution is -2.59. The van der Waals surface area contributed by atoms with Crippen molar-refractivity contribution in [3.05, 3.63) is 115 Å². The van der Waals surface area contributed by atoms with Gasteiger partial charge >= 0.3 is 30.1 Å². The Kier molecular flexibility index (Phi) is 28.5. The summed E-state index contributed by atoms with van der Waals surface area (Å²) in [6, 6.07) is 27.1. The minimum Gasteiger partial charge on any atom is -0.467 e. The van der Waals surface area contributed by atoms with Gasteiger partial charge in [0.15, 0.2) is 37.0 Å². The van der Waals surface area contributed by atoms with E-state index in [2.05, 4.69) is 32.0 Å². The molecule has 4 fully saturated rings. The Labute approximate surface area is 508 Å². The van der Waals surface area contributed by atoms with E-state index in [1.165, 1.54) is 45.2 Å². The highest BCUT2D eigenvalue weighted by molar-refractivity contribution is 7.99. The maximum absolute atomic E-state index is 14.1. The number of methoxy groups -OCH3 is 2. The predicted octanol–water partition coefficient (Wildman–Crippen LogP) is 11.2. The SMILES string of the molecule is C=C.CCS[C@H]1OC(C(=O)OC)[C@H](C)[C@H](O[C@@H]2OC(COCc3ccccc3)[C@H](C)[C@H](C)C2OC(C)=O)C1C.COC(=O)C1OC(OC(=Nc2ccccc2)C(F)(F)F)C(C)[C@@H](O[C@@H]2OC(COCc3ccccc3)[C@H](C)[C@H](C)C2OC(C)=O)[C@H]1C. The molecule has 86 heavy (non-hydrogen) atoms. The number of esters is 4. The summed E-state index contributed by atoms with van der Waals surface area (Å²) in [5, 5.41) is 0. The number of benzene rings is 3. The second-order valence-electron chi connectivity index (χ2n) is 22.0. The molecule has 0 aromatic heterocycles. The molecule has 4 aliphatic heterocycles. The minimum absolute atomic E-state index is 0.0115. The number of hydrogen-bond donors (Lipinski definition) is 0. The summed E-state index contributed by atoms with van der Waals surface area (Å²) in [5.74, 6) is -5.22. The van der Waals surface area contributed by atoms with Crippen molar-refractivity contribution in [2.75, 3.05) is 33.2 Å². The van der Waals surface area contributed by atoms with Gasteiger partial charge in [-0.3, -0.25) is 9.59 Å². The molecule has 3 aromatic rings. The van der Waals surface area contributed by atoms with Crippen LogP contribution >= 0.6 is 11.8 Å². The number of carbonyl (C=O) groups is 4. The lowest BCUT2D eigenvalue weighted by Gasteiger charge is -2.48. The van der Waals surface area contributed by atoms with Crippen LogP contribution < -0.4 is 0 Å². The minimum atomic E-state index is -4.98. The first-order valence-electron chi connectivity index (χ1n) is 29.1. The molecule has 0 amide bonds. The summed E-state index contributed by atoms with van der Waals surface area (Å²) < 4.78 is 119. The summed E-state index contributed by atoms with van der Waals surface area (Å²) in [4.78, 5) is 53.2. The third kappa shape index (κ3) is 19.5. The molecule has 0 aliphatic carbocycles. The van der Waals surface area contributed by atoms with Gasteiger partial charge in [-0.1, -0.05) is 141 Å². The number of hydrogen-bond acceptors (Lipinski definition) is 19. The predicted molar refractivity (Wildman–Crippen MR) is 315 cm³/mol. The van der Waals surface area contributed by atoms with Gasteiger partial charge in [-0.15, -0.1) is 24.9 Å². The fourth-order valence-corrected chi connectivity index (χ4v) is 11.9. The van der Waals surface area contributed by atoms with Crippen LogP contribution in [0.2, 0.25) is 0 Å². The topological polar surface area (TPSA) is 201 Å².